The molecule has 0 unspecified atom stereocenters. The van der Waals surface area contributed by atoms with E-state index in [0.717, 1.165) is 43.4 Å². The van der Waals surface area contributed by atoms with Gasteiger partial charge in [0.25, 0.3) is 0 Å². The zero-order valence-corrected chi connectivity index (χ0v) is 14.5. The third kappa shape index (κ3) is 6.28. The maximum absolute atomic E-state index is 5.67. The number of ether oxygens (including phenoxy) is 1. The van der Waals surface area contributed by atoms with Crippen LogP contribution in [-0.2, 0) is 13.0 Å². The number of benzene rings is 1. The highest BCUT2D eigenvalue weighted by Gasteiger charge is 2.00. The maximum atomic E-state index is 5.67. The molecule has 0 radical (unpaired) electrons. The Hall–Kier alpha value is -2.56. The fourth-order valence-electron chi connectivity index (χ4n) is 2.23. The Kier molecular flexibility index (Phi) is 7.60. The van der Waals surface area contributed by atoms with Crippen LogP contribution >= 0.6 is 0 Å². The molecule has 128 valence electrons. The van der Waals surface area contributed by atoms with Crippen LogP contribution in [0.5, 0.6) is 5.75 Å². The van der Waals surface area contributed by atoms with Crippen LogP contribution in [0.4, 0.5) is 0 Å². The summed E-state index contributed by atoms with van der Waals surface area (Å²) in [5.74, 6) is 1.71. The predicted molar refractivity (Wildman–Crippen MR) is 98.4 cm³/mol. The quantitative estimate of drug-likeness (QED) is 0.578. The summed E-state index contributed by atoms with van der Waals surface area (Å²) in [5, 5.41) is 6.58. The molecule has 0 spiro atoms. The van der Waals surface area contributed by atoms with E-state index < -0.39 is 0 Å². The van der Waals surface area contributed by atoms with Crippen molar-refractivity contribution in [2.45, 2.75) is 26.3 Å². The summed E-state index contributed by atoms with van der Waals surface area (Å²) < 4.78 is 5.67. The summed E-state index contributed by atoms with van der Waals surface area (Å²) in [7, 11) is 1.77. The summed E-state index contributed by atoms with van der Waals surface area (Å²) >= 11 is 0. The van der Waals surface area contributed by atoms with Gasteiger partial charge in [0.2, 0.25) is 0 Å². The molecule has 2 aromatic rings. The first kappa shape index (κ1) is 17.8. The van der Waals surface area contributed by atoms with Gasteiger partial charge in [-0.15, -0.1) is 0 Å². The van der Waals surface area contributed by atoms with Gasteiger partial charge in [0, 0.05) is 19.8 Å². The number of rotatable bonds is 8. The van der Waals surface area contributed by atoms with E-state index in [0.29, 0.717) is 6.54 Å². The van der Waals surface area contributed by atoms with Crippen LogP contribution in [0.25, 0.3) is 0 Å². The average molecular weight is 326 g/mol. The normalized spacial score (nSPS) is 11.2. The van der Waals surface area contributed by atoms with E-state index in [1.165, 1.54) is 5.56 Å². The molecule has 1 aromatic carbocycles. The van der Waals surface area contributed by atoms with E-state index in [1.807, 2.05) is 30.3 Å². The summed E-state index contributed by atoms with van der Waals surface area (Å²) in [4.78, 5) is 8.52. The summed E-state index contributed by atoms with van der Waals surface area (Å²) in [5.41, 5.74) is 2.23. The topological polar surface area (TPSA) is 58.5 Å². The van der Waals surface area contributed by atoms with Crippen LogP contribution in [0.2, 0.25) is 0 Å². The van der Waals surface area contributed by atoms with E-state index in [1.54, 1.807) is 13.2 Å². The lowest BCUT2D eigenvalue weighted by molar-refractivity contribution is 0.317. The molecule has 24 heavy (non-hydrogen) atoms. The molecule has 0 amide bonds. The number of nitrogens with zero attached hydrogens (tertiary/aromatic N) is 2. The molecule has 2 N–H and O–H groups in total. The SMILES string of the molecule is CCCOc1cccc(CCNC(=NC)NCc2ccccn2)c1. The number of nitrogens with one attached hydrogen (secondary N) is 2. The van der Waals surface area contributed by atoms with Crippen molar-refractivity contribution >= 4 is 5.96 Å². The minimum absolute atomic E-state index is 0.654. The van der Waals surface area contributed by atoms with E-state index in [-0.39, 0.29) is 0 Å². The molecule has 5 heteroatoms. The van der Waals surface area contributed by atoms with Crippen LogP contribution in [-0.4, -0.2) is 31.1 Å². The third-order valence-electron chi connectivity index (χ3n) is 3.46. The van der Waals surface area contributed by atoms with Crippen molar-refractivity contribution in [3.63, 3.8) is 0 Å². The minimum atomic E-state index is 0.654. The second kappa shape index (κ2) is 10.3. The molecule has 1 aromatic heterocycles. The van der Waals surface area contributed by atoms with Crippen LogP contribution < -0.4 is 15.4 Å². The van der Waals surface area contributed by atoms with Crippen LogP contribution in [0.15, 0.2) is 53.7 Å². The third-order valence-corrected chi connectivity index (χ3v) is 3.46. The Morgan fingerprint density at radius 2 is 2.08 bits per heavy atom. The van der Waals surface area contributed by atoms with Gasteiger partial charge in [0.15, 0.2) is 5.96 Å². The minimum Gasteiger partial charge on any atom is -0.494 e. The lowest BCUT2D eigenvalue weighted by Gasteiger charge is -2.12. The Balaban J connectivity index is 1.75. The first-order chi connectivity index (χ1) is 11.8. The Labute approximate surface area is 144 Å². The fourth-order valence-corrected chi connectivity index (χ4v) is 2.23. The molecule has 0 atom stereocenters. The second-order valence-corrected chi connectivity index (χ2v) is 5.42. The van der Waals surface area contributed by atoms with Gasteiger partial charge < -0.3 is 15.4 Å². The summed E-state index contributed by atoms with van der Waals surface area (Å²) in [6.45, 7) is 4.32. The molecular formula is C19H26N4O. The molecule has 2 rings (SSSR count). The molecule has 0 aliphatic carbocycles. The second-order valence-electron chi connectivity index (χ2n) is 5.42. The molecule has 0 saturated carbocycles. The predicted octanol–water partition coefficient (Wildman–Crippen LogP) is 2.78. The van der Waals surface area contributed by atoms with E-state index in [4.69, 9.17) is 4.74 Å². The van der Waals surface area contributed by atoms with Crippen molar-refractivity contribution < 1.29 is 4.74 Å². The van der Waals surface area contributed by atoms with Gasteiger partial charge in [0.05, 0.1) is 18.8 Å². The average Bonchev–Trinajstić information content (AvgIpc) is 2.64. The Morgan fingerprint density at radius 1 is 1.17 bits per heavy atom. The van der Waals surface area contributed by atoms with Gasteiger partial charge in [-0.25, -0.2) is 0 Å². The number of hydrogen-bond acceptors (Lipinski definition) is 3. The monoisotopic (exact) mass is 326 g/mol. The highest BCUT2D eigenvalue weighted by atomic mass is 16.5. The summed E-state index contributed by atoms with van der Waals surface area (Å²) in [6.07, 6.45) is 3.72. The van der Waals surface area contributed by atoms with Crippen LogP contribution in [0, 0.1) is 0 Å². The zero-order valence-electron chi connectivity index (χ0n) is 14.5. The molecule has 0 bridgehead atoms. The van der Waals surface area contributed by atoms with Gasteiger partial charge >= 0.3 is 0 Å². The molecule has 0 fully saturated rings. The molecule has 0 saturated heterocycles. The smallest absolute Gasteiger partial charge is 0.191 e. The van der Waals surface area contributed by atoms with Gasteiger partial charge in [-0.3, -0.25) is 9.98 Å². The number of aliphatic imine (C=N–C) groups is 1. The van der Waals surface area contributed by atoms with Crippen molar-refractivity contribution in [1.82, 2.24) is 15.6 Å². The lowest BCUT2D eigenvalue weighted by Crippen LogP contribution is -2.38. The molecule has 5 nitrogen and oxygen atoms in total. The largest absolute Gasteiger partial charge is 0.494 e. The zero-order chi connectivity index (χ0) is 17.0. The van der Waals surface area contributed by atoms with Crippen molar-refractivity contribution in [1.29, 1.82) is 0 Å². The van der Waals surface area contributed by atoms with Gasteiger partial charge in [-0.1, -0.05) is 25.1 Å². The van der Waals surface area contributed by atoms with E-state index in [9.17, 15) is 0 Å². The first-order valence-electron chi connectivity index (χ1n) is 8.38. The molecule has 0 aliphatic rings. The van der Waals surface area contributed by atoms with Crippen molar-refractivity contribution in [3.8, 4) is 5.75 Å². The number of aromatic nitrogens is 1. The van der Waals surface area contributed by atoms with Gasteiger partial charge in [-0.05, 0) is 42.7 Å². The highest BCUT2D eigenvalue weighted by molar-refractivity contribution is 5.79. The van der Waals surface area contributed by atoms with Crippen molar-refractivity contribution in [2.75, 3.05) is 20.2 Å². The first-order valence-corrected chi connectivity index (χ1v) is 8.38. The summed E-state index contributed by atoms with van der Waals surface area (Å²) in [6, 6.07) is 14.1. The van der Waals surface area contributed by atoms with Crippen molar-refractivity contribution in [3.05, 3.63) is 59.9 Å². The standard InChI is InChI=1S/C19H26N4O/c1-3-13-24-18-9-6-7-16(14-18)10-12-22-19(20-2)23-15-17-8-4-5-11-21-17/h4-9,11,14H,3,10,12-13,15H2,1-2H3,(H2,20,22,23). The number of hydrogen-bond donors (Lipinski definition) is 2. The maximum Gasteiger partial charge on any atom is 0.191 e. The fraction of sp³-hybridized carbons (Fsp3) is 0.368. The van der Waals surface area contributed by atoms with E-state index in [2.05, 4.69) is 39.7 Å². The van der Waals surface area contributed by atoms with E-state index >= 15 is 0 Å². The lowest BCUT2D eigenvalue weighted by atomic mass is 10.1. The highest BCUT2D eigenvalue weighted by Crippen LogP contribution is 2.13. The Morgan fingerprint density at radius 3 is 2.83 bits per heavy atom. The molecule has 0 aliphatic heterocycles. The molecular weight excluding hydrogens is 300 g/mol. The number of guanidine groups is 1. The van der Waals surface area contributed by atoms with Crippen LogP contribution in [0.3, 0.4) is 0 Å². The Bertz CT molecular complexity index is 628. The van der Waals surface area contributed by atoms with Gasteiger partial charge in [0.1, 0.15) is 5.75 Å². The van der Waals surface area contributed by atoms with Crippen molar-refractivity contribution in [2.24, 2.45) is 4.99 Å². The van der Waals surface area contributed by atoms with Gasteiger partial charge in [-0.2, -0.15) is 0 Å². The van der Waals surface area contributed by atoms with Crippen LogP contribution in [0.1, 0.15) is 24.6 Å². The molecule has 1 heterocycles. The number of pyridine rings is 1.